The molecule has 110 valence electrons. The fourth-order valence-electron chi connectivity index (χ4n) is 3.06. The summed E-state index contributed by atoms with van der Waals surface area (Å²) in [5, 5.41) is 3.47. The Labute approximate surface area is 135 Å². The van der Waals surface area contributed by atoms with Gasteiger partial charge >= 0.3 is 0 Å². The molecule has 0 radical (unpaired) electrons. The Bertz CT molecular complexity index is 604. The highest BCUT2D eigenvalue weighted by atomic mass is 79.9. The van der Waals surface area contributed by atoms with E-state index >= 15 is 0 Å². The van der Waals surface area contributed by atoms with Crippen LogP contribution in [0.25, 0.3) is 0 Å². The van der Waals surface area contributed by atoms with Gasteiger partial charge in [-0.15, -0.1) is 0 Å². The van der Waals surface area contributed by atoms with E-state index in [-0.39, 0.29) is 0 Å². The van der Waals surface area contributed by atoms with Gasteiger partial charge < -0.3 is 5.32 Å². The summed E-state index contributed by atoms with van der Waals surface area (Å²) in [6.07, 6.45) is 5.13. The summed E-state index contributed by atoms with van der Waals surface area (Å²) in [6.45, 7) is 0. The molecule has 2 aromatic carbocycles. The average Bonchev–Trinajstić information content (AvgIpc) is 2.43. The lowest BCUT2D eigenvalue weighted by atomic mass is 9.79. The van der Waals surface area contributed by atoms with Crippen molar-refractivity contribution in [3.8, 4) is 0 Å². The molecule has 1 aliphatic carbocycles. The average molecular weight is 344 g/mol. The van der Waals surface area contributed by atoms with Gasteiger partial charge in [-0.2, -0.15) is 0 Å². The van der Waals surface area contributed by atoms with E-state index in [2.05, 4.69) is 76.8 Å². The lowest BCUT2D eigenvalue weighted by Gasteiger charge is -2.27. The summed E-state index contributed by atoms with van der Waals surface area (Å²) < 4.78 is 1.15. The maximum atomic E-state index is 3.56. The van der Waals surface area contributed by atoms with Crippen LogP contribution in [0.1, 0.15) is 47.9 Å². The highest BCUT2D eigenvalue weighted by molar-refractivity contribution is 9.10. The lowest BCUT2D eigenvalue weighted by Crippen LogP contribution is -2.19. The Balaban J connectivity index is 1.79. The van der Waals surface area contributed by atoms with Crippen molar-refractivity contribution in [2.24, 2.45) is 0 Å². The van der Waals surface area contributed by atoms with Gasteiger partial charge in [0.1, 0.15) is 0 Å². The van der Waals surface area contributed by atoms with E-state index in [0.29, 0.717) is 6.04 Å². The van der Waals surface area contributed by atoms with Crippen LogP contribution in [0, 0.1) is 0 Å². The van der Waals surface area contributed by atoms with Gasteiger partial charge in [0.2, 0.25) is 0 Å². The first-order valence-corrected chi connectivity index (χ1v) is 8.57. The third-order valence-electron chi connectivity index (χ3n) is 4.57. The normalized spacial score (nSPS) is 16.5. The van der Waals surface area contributed by atoms with Crippen LogP contribution in [-0.2, 0) is 6.42 Å². The summed E-state index contributed by atoms with van der Waals surface area (Å²) >= 11 is 3.56. The van der Waals surface area contributed by atoms with Crippen LogP contribution in [0.2, 0.25) is 0 Å². The number of halogens is 1. The van der Waals surface area contributed by atoms with Crippen LogP contribution in [0.5, 0.6) is 0 Å². The number of likely N-dealkylation sites (N-methyl/N-ethyl adjacent to an activating group) is 1. The predicted molar refractivity (Wildman–Crippen MR) is 92.7 cm³/mol. The number of nitrogens with one attached hydrogen (secondary N) is 1. The topological polar surface area (TPSA) is 12.0 Å². The van der Waals surface area contributed by atoms with Gasteiger partial charge in [-0.1, -0.05) is 58.7 Å². The van der Waals surface area contributed by atoms with Gasteiger partial charge in [0.05, 0.1) is 0 Å². The maximum Gasteiger partial charge on any atom is 0.0358 e. The van der Waals surface area contributed by atoms with Gasteiger partial charge in [-0.25, -0.2) is 0 Å². The zero-order valence-corrected chi connectivity index (χ0v) is 14.1. The van der Waals surface area contributed by atoms with Crippen molar-refractivity contribution in [1.29, 1.82) is 0 Å². The molecule has 1 nitrogen and oxygen atoms in total. The van der Waals surface area contributed by atoms with Crippen molar-refractivity contribution < 1.29 is 0 Å². The van der Waals surface area contributed by atoms with Gasteiger partial charge in [0.15, 0.2) is 0 Å². The molecule has 2 heteroatoms. The molecule has 3 rings (SSSR count). The minimum Gasteiger partial charge on any atom is -0.313 e. The minimum absolute atomic E-state index is 0.374. The van der Waals surface area contributed by atoms with E-state index < -0.39 is 0 Å². The van der Waals surface area contributed by atoms with Crippen LogP contribution in [0.4, 0.5) is 0 Å². The summed E-state index contributed by atoms with van der Waals surface area (Å²) in [6, 6.07) is 18.1. The molecule has 1 unspecified atom stereocenters. The first-order chi connectivity index (χ1) is 10.3. The van der Waals surface area contributed by atoms with Crippen LogP contribution in [0.15, 0.2) is 53.0 Å². The molecular weight excluding hydrogens is 322 g/mol. The van der Waals surface area contributed by atoms with E-state index in [1.807, 2.05) is 0 Å². The largest absolute Gasteiger partial charge is 0.313 e. The van der Waals surface area contributed by atoms with Gasteiger partial charge in [-0.05, 0) is 61.1 Å². The predicted octanol–water partition coefficient (Wildman–Crippen LogP) is 5.22. The zero-order valence-electron chi connectivity index (χ0n) is 12.5. The second kappa shape index (κ2) is 6.76. The minimum atomic E-state index is 0.374. The fraction of sp³-hybridized carbons (Fsp3) is 0.368. The molecule has 0 aromatic heterocycles. The SMILES string of the molecule is CNC(Cc1cccc(Br)c1)c1cccc(C2CCC2)c1. The third kappa shape index (κ3) is 3.56. The molecular formula is C19H22BrN. The Morgan fingerprint density at radius 1 is 1.14 bits per heavy atom. The van der Waals surface area contributed by atoms with Crippen LogP contribution >= 0.6 is 15.9 Å². The second-order valence-electron chi connectivity index (χ2n) is 5.97. The number of rotatable bonds is 5. The first kappa shape index (κ1) is 14.8. The molecule has 1 saturated carbocycles. The van der Waals surface area contributed by atoms with Gasteiger partial charge in [0.25, 0.3) is 0 Å². The highest BCUT2D eigenvalue weighted by Gasteiger charge is 2.20. The zero-order chi connectivity index (χ0) is 14.7. The number of hydrogen-bond donors (Lipinski definition) is 1. The Hall–Kier alpha value is -1.12. The van der Waals surface area contributed by atoms with Crippen molar-refractivity contribution in [3.05, 3.63) is 69.7 Å². The van der Waals surface area contributed by atoms with Crippen LogP contribution < -0.4 is 5.32 Å². The van der Waals surface area contributed by atoms with Crippen LogP contribution in [-0.4, -0.2) is 7.05 Å². The second-order valence-corrected chi connectivity index (χ2v) is 6.89. The van der Waals surface area contributed by atoms with E-state index in [9.17, 15) is 0 Å². The lowest BCUT2D eigenvalue weighted by molar-refractivity contribution is 0.419. The van der Waals surface area contributed by atoms with Crippen molar-refractivity contribution >= 4 is 15.9 Å². The van der Waals surface area contributed by atoms with Crippen LogP contribution in [0.3, 0.4) is 0 Å². The van der Waals surface area contributed by atoms with E-state index in [1.165, 1.54) is 36.0 Å². The van der Waals surface area contributed by atoms with Crippen molar-refractivity contribution in [1.82, 2.24) is 5.32 Å². The summed E-state index contributed by atoms with van der Waals surface area (Å²) in [5.74, 6) is 0.799. The van der Waals surface area contributed by atoms with Crippen molar-refractivity contribution in [3.63, 3.8) is 0 Å². The Morgan fingerprint density at radius 2 is 1.95 bits per heavy atom. The molecule has 0 saturated heterocycles. The highest BCUT2D eigenvalue weighted by Crippen LogP contribution is 2.37. The van der Waals surface area contributed by atoms with E-state index in [4.69, 9.17) is 0 Å². The van der Waals surface area contributed by atoms with Gasteiger partial charge in [-0.3, -0.25) is 0 Å². The quantitative estimate of drug-likeness (QED) is 0.784. The summed E-state index contributed by atoms with van der Waals surface area (Å²) in [7, 11) is 2.05. The monoisotopic (exact) mass is 343 g/mol. The molecule has 0 amide bonds. The molecule has 1 aliphatic rings. The summed E-state index contributed by atoms with van der Waals surface area (Å²) in [5.41, 5.74) is 4.29. The smallest absolute Gasteiger partial charge is 0.0358 e. The van der Waals surface area contributed by atoms with E-state index in [0.717, 1.165) is 16.8 Å². The van der Waals surface area contributed by atoms with Crippen molar-refractivity contribution in [2.75, 3.05) is 7.05 Å². The first-order valence-electron chi connectivity index (χ1n) is 7.78. The molecule has 1 N–H and O–H groups in total. The maximum absolute atomic E-state index is 3.56. The number of hydrogen-bond acceptors (Lipinski definition) is 1. The van der Waals surface area contributed by atoms with Crippen molar-refractivity contribution in [2.45, 2.75) is 37.6 Å². The molecule has 0 spiro atoms. The molecule has 1 fully saturated rings. The fourth-order valence-corrected chi connectivity index (χ4v) is 3.50. The molecule has 0 bridgehead atoms. The molecule has 21 heavy (non-hydrogen) atoms. The molecule has 1 atom stereocenters. The third-order valence-corrected chi connectivity index (χ3v) is 5.06. The molecule has 2 aromatic rings. The Morgan fingerprint density at radius 3 is 2.62 bits per heavy atom. The standard InChI is InChI=1S/C19H22BrN/c1-21-19(12-14-5-2-10-18(20)11-14)17-9-4-8-16(13-17)15-6-3-7-15/h2,4-5,8-11,13,15,19,21H,3,6-7,12H2,1H3. The Kier molecular flexibility index (Phi) is 4.77. The van der Waals surface area contributed by atoms with E-state index in [1.54, 1.807) is 0 Å². The molecule has 0 heterocycles. The van der Waals surface area contributed by atoms with Gasteiger partial charge in [0, 0.05) is 10.5 Å². The summed E-state index contributed by atoms with van der Waals surface area (Å²) in [4.78, 5) is 0. The molecule has 0 aliphatic heterocycles. The number of benzene rings is 2.